The topological polar surface area (TPSA) is 83.1 Å². The SMILES string of the molecule is COc1ccc(C(=O)OCC(=O)NC(C)c2ccccc2)c(OC)c1OC. The first kappa shape index (κ1) is 20.1. The molecule has 0 saturated heterocycles. The highest BCUT2D eigenvalue weighted by molar-refractivity contribution is 5.95. The number of methoxy groups -OCH3 is 3. The molecule has 0 radical (unpaired) electrons. The molecule has 0 aliphatic rings. The fourth-order valence-electron chi connectivity index (χ4n) is 2.58. The molecular formula is C20H23NO6. The molecule has 1 amide bonds. The third-order valence-corrected chi connectivity index (χ3v) is 3.94. The number of ether oxygens (including phenoxy) is 4. The zero-order valence-electron chi connectivity index (χ0n) is 15.8. The van der Waals surface area contributed by atoms with Gasteiger partial charge in [-0.15, -0.1) is 0 Å². The first-order valence-electron chi connectivity index (χ1n) is 8.32. The van der Waals surface area contributed by atoms with Crippen molar-refractivity contribution in [2.45, 2.75) is 13.0 Å². The summed E-state index contributed by atoms with van der Waals surface area (Å²) in [5.41, 5.74) is 1.10. The second-order valence-corrected chi connectivity index (χ2v) is 5.66. The van der Waals surface area contributed by atoms with Crippen LogP contribution in [0.4, 0.5) is 0 Å². The number of amides is 1. The molecule has 0 aliphatic carbocycles. The highest BCUT2D eigenvalue weighted by atomic mass is 16.5. The Labute approximate surface area is 158 Å². The molecule has 27 heavy (non-hydrogen) atoms. The second kappa shape index (κ2) is 9.47. The Morgan fingerprint density at radius 3 is 2.19 bits per heavy atom. The number of rotatable bonds is 8. The number of esters is 1. The summed E-state index contributed by atoms with van der Waals surface area (Å²) in [7, 11) is 4.32. The summed E-state index contributed by atoms with van der Waals surface area (Å²) in [5.74, 6) is -0.230. The predicted octanol–water partition coefficient (Wildman–Crippen LogP) is 2.75. The largest absolute Gasteiger partial charge is 0.493 e. The zero-order chi connectivity index (χ0) is 19.8. The van der Waals surface area contributed by atoms with E-state index in [2.05, 4.69) is 5.32 Å². The molecule has 1 N–H and O–H groups in total. The lowest BCUT2D eigenvalue weighted by molar-refractivity contribution is -0.124. The third kappa shape index (κ3) is 4.91. The molecule has 0 fully saturated rings. The first-order valence-corrected chi connectivity index (χ1v) is 8.32. The number of benzene rings is 2. The number of hydrogen-bond acceptors (Lipinski definition) is 6. The molecule has 0 saturated carbocycles. The average molecular weight is 373 g/mol. The van der Waals surface area contributed by atoms with Crippen LogP contribution in [0, 0.1) is 0 Å². The fraction of sp³-hybridized carbons (Fsp3) is 0.300. The van der Waals surface area contributed by atoms with Gasteiger partial charge in [0, 0.05) is 0 Å². The minimum Gasteiger partial charge on any atom is -0.493 e. The Bertz CT molecular complexity index is 791. The molecule has 2 aromatic rings. The van der Waals surface area contributed by atoms with E-state index in [4.69, 9.17) is 18.9 Å². The van der Waals surface area contributed by atoms with Crippen LogP contribution in [0.15, 0.2) is 42.5 Å². The van der Waals surface area contributed by atoms with Crippen LogP contribution in [0.25, 0.3) is 0 Å². The standard InChI is InChI=1S/C20H23NO6/c1-13(14-8-6-5-7-9-14)21-17(22)12-27-20(23)15-10-11-16(24-2)19(26-4)18(15)25-3/h5-11,13H,12H2,1-4H3,(H,21,22). The van der Waals surface area contributed by atoms with Crippen molar-refractivity contribution in [3.8, 4) is 17.2 Å². The Hall–Kier alpha value is -3.22. The highest BCUT2D eigenvalue weighted by Gasteiger charge is 2.22. The van der Waals surface area contributed by atoms with Crippen molar-refractivity contribution in [3.05, 3.63) is 53.6 Å². The average Bonchev–Trinajstić information content (AvgIpc) is 2.71. The summed E-state index contributed by atoms with van der Waals surface area (Å²) in [6.45, 7) is 1.44. The van der Waals surface area contributed by atoms with E-state index in [0.29, 0.717) is 5.75 Å². The highest BCUT2D eigenvalue weighted by Crippen LogP contribution is 2.39. The van der Waals surface area contributed by atoms with Gasteiger partial charge in [-0.3, -0.25) is 4.79 Å². The van der Waals surface area contributed by atoms with E-state index in [9.17, 15) is 9.59 Å². The van der Waals surface area contributed by atoms with Gasteiger partial charge in [-0.1, -0.05) is 30.3 Å². The summed E-state index contributed by atoms with van der Waals surface area (Å²) in [5, 5.41) is 2.78. The molecule has 0 aromatic heterocycles. The van der Waals surface area contributed by atoms with Crippen molar-refractivity contribution in [1.82, 2.24) is 5.32 Å². The van der Waals surface area contributed by atoms with Crippen LogP contribution in [-0.2, 0) is 9.53 Å². The molecule has 0 heterocycles. The van der Waals surface area contributed by atoms with Gasteiger partial charge in [0.2, 0.25) is 5.75 Å². The Morgan fingerprint density at radius 1 is 0.926 bits per heavy atom. The number of nitrogens with one attached hydrogen (secondary N) is 1. The smallest absolute Gasteiger partial charge is 0.342 e. The number of hydrogen-bond donors (Lipinski definition) is 1. The fourth-order valence-corrected chi connectivity index (χ4v) is 2.58. The van der Waals surface area contributed by atoms with Gasteiger partial charge >= 0.3 is 5.97 Å². The van der Waals surface area contributed by atoms with Gasteiger partial charge in [-0.25, -0.2) is 4.79 Å². The molecule has 1 atom stereocenters. The number of carbonyl (C=O) groups excluding carboxylic acids is 2. The van der Waals surface area contributed by atoms with Crippen LogP contribution in [0.5, 0.6) is 17.2 Å². The maximum Gasteiger partial charge on any atom is 0.342 e. The van der Waals surface area contributed by atoms with Crippen LogP contribution >= 0.6 is 0 Å². The molecule has 144 valence electrons. The minimum absolute atomic E-state index is 0.138. The quantitative estimate of drug-likeness (QED) is 0.717. The van der Waals surface area contributed by atoms with Gasteiger partial charge in [-0.05, 0) is 24.6 Å². The summed E-state index contributed by atoms with van der Waals surface area (Å²) in [6, 6.07) is 12.4. The summed E-state index contributed by atoms with van der Waals surface area (Å²) < 4.78 is 20.8. The Morgan fingerprint density at radius 2 is 1.59 bits per heavy atom. The maximum atomic E-state index is 12.4. The third-order valence-electron chi connectivity index (χ3n) is 3.94. The molecular weight excluding hydrogens is 350 g/mol. The molecule has 0 spiro atoms. The molecule has 0 aliphatic heterocycles. The van der Waals surface area contributed by atoms with E-state index < -0.39 is 18.5 Å². The summed E-state index contributed by atoms with van der Waals surface area (Å²) in [4.78, 5) is 24.5. The van der Waals surface area contributed by atoms with Crippen LogP contribution in [0.3, 0.4) is 0 Å². The van der Waals surface area contributed by atoms with Crippen LogP contribution < -0.4 is 19.5 Å². The van der Waals surface area contributed by atoms with Crippen molar-refractivity contribution < 1.29 is 28.5 Å². The van der Waals surface area contributed by atoms with Gasteiger partial charge in [0.15, 0.2) is 18.1 Å². The van der Waals surface area contributed by atoms with Crippen LogP contribution in [0.2, 0.25) is 0 Å². The first-order chi connectivity index (χ1) is 13.0. The van der Waals surface area contributed by atoms with E-state index >= 15 is 0 Å². The number of carbonyl (C=O) groups is 2. The van der Waals surface area contributed by atoms with Gasteiger partial charge in [0.1, 0.15) is 5.56 Å². The van der Waals surface area contributed by atoms with Gasteiger partial charge in [-0.2, -0.15) is 0 Å². The van der Waals surface area contributed by atoms with E-state index in [0.717, 1.165) is 5.56 Å². The summed E-state index contributed by atoms with van der Waals surface area (Å²) >= 11 is 0. The minimum atomic E-state index is -0.699. The molecule has 2 rings (SSSR count). The van der Waals surface area contributed by atoms with Crippen molar-refractivity contribution in [2.75, 3.05) is 27.9 Å². The van der Waals surface area contributed by atoms with E-state index in [1.54, 1.807) is 6.07 Å². The van der Waals surface area contributed by atoms with Crippen molar-refractivity contribution in [2.24, 2.45) is 0 Å². The lowest BCUT2D eigenvalue weighted by atomic mass is 10.1. The lowest BCUT2D eigenvalue weighted by Crippen LogP contribution is -2.31. The molecule has 2 aromatic carbocycles. The Balaban J connectivity index is 2.02. The van der Waals surface area contributed by atoms with E-state index in [1.807, 2.05) is 37.3 Å². The van der Waals surface area contributed by atoms with Gasteiger partial charge < -0.3 is 24.3 Å². The maximum absolute atomic E-state index is 12.4. The van der Waals surface area contributed by atoms with Crippen molar-refractivity contribution in [1.29, 1.82) is 0 Å². The predicted molar refractivity (Wildman–Crippen MR) is 99.4 cm³/mol. The molecule has 1 unspecified atom stereocenters. The Kier molecular flexibility index (Phi) is 7.05. The van der Waals surface area contributed by atoms with Gasteiger partial charge in [0.05, 0.1) is 27.4 Å². The lowest BCUT2D eigenvalue weighted by Gasteiger charge is -2.16. The molecule has 7 heteroatoms. The second-order valence-electron chi connectivity index (χ2n) is 5.66. The molecule has 7 nitrogen and oxygen atoms in total. The monoisotopic (exact) mass is 373 g/mol. The zero-order valence-corrected chi connectivity index (χ0v) is 15.8. The summed E-state index contributed by atoms with van der Waals surface area (Å²) in [6.07, 6.45) is 0. The van der Waals surface area contributed by atoms with Crippen LogP contribution in [0.1, 0.15) is 28.9 Å². The van der Waals surface area contributed by atoms with E-state index in [-0.39, 0.29) is 23.1 Å². The normalized spacial score (nSPS) is 11.3. The van der Waals surface area contributed by atoms with Crippen molar-refractivity contribution >= 4 is 11.9 Å². The van der Waals surface area contributed by atoms with E-state index in [1.165, 1.54) is 27.4 Å². The molecule has 0 bridgehead atoms. The van der Waals surface area contributed by atoms with Gasteiger partial charge in [0.25, 0.3) is 5.91 Å². The van der Waals surface area contributed by atoms with Crippen molar-refractivity contribution in [3.63, 3.8) is 0 Å². The van der Waals surface area contributed by atoms with Crippen LogP contribution in [-0.4, -0.2) is 39.8 Å².